The second-order valence-corrected chi connectivity index (χ2v) is 4.78. The number of carboxylic acids is 1. The fourth-order valence-electron chi connectivity index (χ4n) is 1.88. The first-order valence-corrected chi connectivity index (χ1v) is 6.31. The number of H-pyrrole nitrogens is 1. The van der Waals surface area contributed by atoms with Crippen LogP contribution in [-0.2, 0) is 10.3 Å². The summed E-state index contributed by atoms with van der Waals surface area (Å²) in [4.78, 5) is 34.7. The number of nitrogens with zero attached hydrogens (tertiary/aromatic N) is 1. The van der Waals surface area contributed by atoms with Crippen molar-refractivity contribution in [1.82, 2.24) is 15.5 Å². The van der Waals surface area contributed by atoms with Crippen LogP contribution < -0.4 is 11.1 Å². The van der Waals surface area contributed by atoms with Gasteiger partial charge in [0.05, 0.1) is 0 Å². The van der Waals surface area contributed by atoms with Gasteiger partial charge in [0.2, 0.25) is 0 Å². The molecule has 2 aromatic rings. The maximum absolute atomic E-state index is 12.2. The molecule has 114 valence electrons. The van der Waals surface area contributed by atoms with Gasteiger partial charge in [-0.05, 0) is 12.5 Å². The molecule has 0 aliphatic carbocycles. The van der Waals surface area contributed by atoms with Crippen LogP contribution in [0.3, 0.4) is 0 Å². The molecule has 0 saturated carbocycles. The molecule has 0 saturated heterocycles. The summed E-state index contributed by atoms with van der Waals surface area (Å²) in [6.07, 6.45) is 0. The highest BCUT2D eigenvalue weighted by atomic mass is 16.4. The predicted molar refractivity (Wildman–Crippen MR) is 76.0 cm³/mol. The van der Waals surface area contributed by atoms with E-state index in [0.717, 1.165) is 6.07 Å². The van der Waals surface area contributed by atoms with E-state index in [4.69, 9.17) is 5.73 Å². The summed E-state index contributed by atoms with van der Waals surface area (Å²) in [5, 5.41) is 17.8. The lowest BCUT2D eigenvalue weighted by Gasteiger charge is -2.26. The highest BCUT2D eigenvalue weighted by molar-refractivity contribution is 5.99. The molecule has 1 aromatic heterocycles. The summed E-state index contributed by atoms with van der Waals surface area (Å²) < 4.78 is 0. The van der Waals surface area contributed by atoms with Gasteiger partial charge >= 0.3 is 5.97 Å². The Morgan fingerprint density at radius 2 is 1.91 bits per heavy atom. The Bertz CT molecular complexity index is 725. The number of carbonyl (C=O) groups excluding carboxylic acids is 2. The van der Waals surface area contributed by atoms with Gasteiger partial charge in [-0.25, -0.2) is 4.79 Å². The van der Waals surface area contributed by atoms with E-state index in [2.05, 4.69) is 15.5 Å². The summed E-state index contributed by atoms with van der Waals surface area (Å²) in [5.74, 6) is -2.73. The molecule has 5 N–H and O–H groups in total. The number of hydrogen-bond donors (Lipinski definition) is 4. The van der Waals surface area contributed by atoms with Gasteiger partial charge < -0.3 is 16.2 Å². The smallest absolute Gasteiger partial charge is 0.333 e. The van der Waals surface area contributed by atoms with Gasteiger partial charge in [-0.2, -0.15) is 5.10 Å². The van der Waals surface area contributed by atoms with Crippen LogP contribution in [0.1, 0.15) is 33.5 Å². The molecule has 1 atom stereocenters. The molecule has 0 radical (unpaired) electrons. The van der Waals surface area contributed by atoms with Crippen LogP contribution in [0.25, 0.3) is 0 Å². The fraction of sp³-hybridized carbons (Fsp3) is 0.143. The minimum absolute atomic E-state index is 0.0581. The lowest BCUT2D eigenvalue weighted by Crippen LogP contribution is -2.49. The second kappa shape index (κ2) is 5.68. The Kier molecular flexibility index (Phi) is 3.93. The van der Waals surface area contributed by atoms with Crippen molar-refractivity contribution < 1.29 is 19.5 Å². The van der Waals surface area contributed by atoms with Crippen LogP contribution in [-0.4, -0.2) is 33.1 Å². The Hall–Kier alpha value is -3.16. The average Bonchev–Trinajstić information content (AvgIpc) is 2.98. The maximum atomic E-state index is 12.2. The van der Waals surface area contributed by atoms with Crippen LogP contribution in [0.2, 0.25) is 0 Å². The Morgan fingerprint density at radius 1 is 1.27 bits per heavy atom. The Labute approximate surface area is 125 Å². The maximum Gasteiger partial charge on any atom is 0.333 e. The van der Waals surface area contributed by atoms with Crippen molar-refractivity contribution in [2.45, 2.75) is 12.5 Å². The molecule has 22 heavy (non-hydrogen) atoms. The van der Waals surface area contributed by atoms with Crippen molar-refractivity contribution in [3.8, 4) is 0 Å². The molecule has 0 spiro atoms. The van der Waals surface area contributed by atoms with E-state index < -0.39 is 23.3 Å². The zero-order valence-corrected chi connectivity index (χ0v) is 11.7. The largest absolute Gasteiger partial charge is 0.479 e. The number of hydrogen-bond acceptors (Lipinski definition) is 4. The number of nitrogens with two attached hydrogens (primary N) is 1. The van der Waals surface area contributed by atoms with Crippen molar-refractivity contribution in [3.05, 3.63) is 53.3 Å². The number of aliphatic carboxylic acids is 1. The number of benzene rings is 1. The van der Waals surface area contributed by atoms with Crippen molar-refractivity contribution in [2.75, 3.05) is 0 Å². The number of carboxylic acid groups (broad SMARTS) is 1. The first-order chi connectivity index (χ1) is 10.3. The Balaban J connectivity index is 2.30. The number of nitrogens with one attached hydrogen (secondary N) is 2. The zero-order valence-electron chi connectivity index (χ0n) is 11.7. The predicted octanol–water partition coefficient (Wildman–Crippen LogP) is 0.238. The summed E-state index contributed by atoms with van der Waals surface area (Å²) in [6, 6.07) is 9.42. The van der Waals surface area contributed by atoms with Crippen molar-refractivity contribution >= 4 is 17.8 Å². The topological polar surface area (TPSA) is 138 Å². The third kappa shape index (κ3) is 2.80. The van der Waals surface area contributed by atoms with E-state index in [1.807, 2.05) is 0 Å². The molecule has 1 heterocycles. The first-order valence-electron chi connectivity index (χ1n) is 6.31. The standard InChI is InChI=1S/C14H14N4O4/c1-14(13(21)22,8-5-3-2-4-6-8)16-12(20)10-7-9(11(15)19)17-18-10/h2-7H,1H3,(H2,15,19)(H,16,20)(H,17,18)(H,21,22). The van der Waals surface area contributed by atoms with Crippen LogP contribution >= 0.6 is 0 Å². The average molecular weight is 302 g/mol. The van der Waals surface area contributed by atoms with E-state index in [9.17, 15) is 19.5 Å². The van der Waals surface area contributed by atoms with Crippen LogP contribution in [0.5, 0.6) is 0 Å². The highest BCUT2D eigenvalue weighted by Gasteiger charge is 2.37. The molecule has 0 aliphatic rings. The van der Waals surface area contributed by atoms with E-state index >= 15 is 0 Å². The van der Waals surface area contributed by atoms with E-state index in [0.29, 0.717) is 5.56 Å². The van der Waals surface area contributed by atoms with Crippen molar-refractivity contribution in [2.24, 2.45) is 5.73 Å². The van der Waals surface area contributed by atoms with Gasteiger partial charge in [-0.1, -0.05) is 30.3 Å². The fourth-order valence-corrected chi connectivity index (χ4v) is 1.88. The molecule has 0 bridgehead atoms. The van der Waals surface area contributed by atoms with Gasteiger partial charge in [0, 0.05) is 6.07 Å². The molecule has 1 unspecified atom stereocenters. The molecule has 8 nitrogen and oxygen atoms in total. The van der Waals surface area contributed by atoms with E-state index in [1.165, 1.54) is 6.92 Å². The third-order valence-corrected chi connectivity index (χ3v) is 3.22. The highest BCUT2D eigenvalue weighted by Crippen LogP contribution is 2.21. The number of rotatable bonds is 5. The summed E-state index contributed by atoms with van der Waals surface area (Å²) in [5.41, 5.74) is 3.66. The minimum atomic E-state index is -1.63. The van der Waals surface area contributed by atoms with Crippen molar-refractivity contribution in [1.29, 1.82) is 0 Å². The zero-order chi connectivity index (χ0) is 16.3. The number of carbonyl (C=O) groups is 3. The molecule has 8 heteroatoms. The summed E-state index contributed by atoms with van der Waals surface area (Å²) in [7, 11) is 0. The number of primary amides is 1. The Morgan fingerprint density at radius 3 is 2.41 bits per heavy atom. The number of aromatic amines is 1. The lowest BCUT2D eigenvalue weighted by molar-refractivity contribution is -0.144. The number of aromatic nitrogens is 2. The van der Waals surface area contributed by atoms with Gasteiger partial charge in [0.25, 0.3) is 11.8 Å². The second-order valence-electron chi connectivity index (χ2n) is 4.78. The molecule has 2 rings (SSSR count). The number of amides is 2. The minimum Gasteiger partial charge on any atom is -0.479 e. The third-order valence-electron chi connectivity index (χ3n) is 3.22. The summed E-state index contributed by atoms with van der Waals surface area (Å²) in [6.45, 7) is 1.37. The van der Waals surface area contributed by atoms with Gasteiger partial charge in [0.15, 0.2) is 11.2 Å². The van der Waals surface area contributed by atoms with E-state index in [-0.39, 0.29) is 11.4 Å². The molecule has 2 amide bonds. The van der Waals surface area contributed by atoms with Gasteiger partial charge in [-0.15, -0.1) is 0 Å². The SMILES string of the molecule is CC(NC(=O)c1cc(C(N)=O)n[nH]1)(C(=O)O)c1ccccc1. The van der Waals surface area contributed by atoms with E-state index in [1.54, 1.807) is 30.3 Å². The quantitative estimate of drug-likeness (QED) is 0.626. The van der Waals surface area contributed by atoms with Crippen molar-refractivity contribution in [3.63, 3.8) is 0 Å². The normalized spacial score (nSPS) is 13.1. The lowest BCUT2D eigenvalue weighted by atomic mass is 9.92. The summed E-state index contributed by atoms with van der Waals surface area (Å²) >= 11 is 0. The van der Waals surface area contributed by atoms with Crippen LogP contribution in [0.4, 0.5) is 0 Å². The molecule has 0 aliphatic heterocycles. The van der Waals surface area contributed by atoms with Gasteiger partial charge in [0.1, 0.15) is 5.69 Å². The molecular weight excluding hydrogens is 288 g/mol. The monoisotopic (exact) mass is 302 g/mol. The molecular formula is C14H14N4O4. The van der Waals surface area contributed by atoms with Crippen LogP contribution in [0, 0.1) is 0 Å². The molecule has 0 fully saturated rings. The van der Waals surface area contributed by atoms with Gasteiger partial charge in [-0.3, -0.25) is 14.7 Å². The van der Waals surface area contributed by atoms with Crippen LogP contribution in [0.15, 0.2) is 36.4 Å². The molecule has 1 aromatic carbocycles. The first kappa shape index (κ1) is 15.2.